The zero-order chi connectivity index (χ0) is 15.5. The van der Waals surface area contributed by atoms with Gasteiger partial charge in [-0.2, -0.15) is 0 Å². The summed E-state index contributed by atoms with van der Waals surface area (Å²) in [6.45, 7) is 0. The van der Waals surface area contributed by atoms with Crippen molar-refractivity contribution in [2.45, 2.75) is 19.3 Å². The lowest BCUT2D eigenvalue weighted by molar-refractivity contribution is -0.122. The van der Waals surface area contributed by atoms with Crippen LogP contribution in [-0.4, -0.2) is 10.9 Å². The minimum atomic E-state index is -0.691. The Morgan fingerprint density at radius 3 is 2.41 bits per heavy atom. The molecular weight excluding hydrogens is 288 g/mol. The molecule has 1 amide bonds. The molecular formula is C16H15F2N3O. The van der Waals surface area contributed by atoms with Crippen molar-refractivity contribution < 1.29 is 13.6 Å². The molecule has 6 heteroatoms. The predicted molar refractivity (Wildman–Crippen MR) is 79.8 cm³/mol. The fraction of sp³-hybridized carbons (Fsp3) is 0.250. The molecule has 0 saturated heterocycles. The van der Waals surface area contributed by atoms with Crippen LogP contribution in [-0.2, 0) is 4.79 Å². The zero-order valence-corrected chi connectivity index (χ0v) is 11.8. The quantitative estimate of drug-likeness (QED) is 0.902. The fourth-order valence-corrected chi connectivity index (χ4v) is 2.20. The average Bonchev–Trinajstić information content (AvgIpc) is 2.43. The SMILES string of the molecule is O=C(Nc1ccc(Nc2c(F)cccc2F)nc1)C1CCC1. The third-order valence-electron chi connectivity index (χ3n) is 3.72. The minimum absolute atomic E-state index is 0.00564. The van der Waals surface area contributed by atoms with E-state index in [1.165, 1.54) is 24.4 Å². The molecule has 1 aliphatic carbocycles. The van der Waals surface area contributed by atoms with Crippen LogP contribution in [0.3, 0.4) is 0 Å². The Morgan fingerprint density at radius 2 is 1.86 bits per heavy atom. The van der Waals surface area contributed by atoms with E-state index in [2.05, 4.69) is 15.6 Å². The molecule has 0 radical (unpaired) electrons. The van der Waals surface area contributed by atoms with Crippen LogP contribution in [0.2, 0.25) is 0 Å². The smallest absolute Gasteiger partial charge is 0.227 e. The molecule has 1 aromatic carbocycles. The van der Waals surface area contributed by atoms with E-state index in [1.54, 1.807) is 12.1 Å². The number of halogens is 2. The van der Waals surface area contributed by atoms with Gasteiger partial charge in [-0.25, -0.2) is 13.8 Å². The van der Waals surface area contributed by atoms with Crippen molar-refractivity contribution in [1.29, 1.82) is 0 Å². The summed E-state index contributed by atoms with van der Waals surface area (Å²) in [5, 5.41) is 5.37. The number of amides is 1. The van der Waals surface area contributed by atoms with Gasteiger partial charge in [-0.15, -0.1) is 0 Å². The Kier molecular flexibility index (Phi) is 4.00. The van der Waals surface area contributed by atoms with E-state index < -0.39 is 11.6 Å². The topological polar surface area (TPSA) is 54.0 Å². The van der Waals surface area contributed by atoms with Crippen molar-refractivity contribution in [2.75, 3.05) is 10.6 Å². The largest absolute Gasteiger partial charge is 0.335 e. The maximum Gasteiger partial charge on any atom is 0.227 e. The van der Waals surface area contributed by atoms with Crippen molar-refractivity contribution in [3.63, 3.8) is 0 Å². The summed E-state index contributed by atoms with van der Waals surface area (Å²) in [6.07, 6.45) is 4.39. The van der Waals surface area contributed by atoms with Crippen LogP contribution in [0.25, 0.3) is 0 Å². The molecule has 1 aliphatic rings. The lowest BCUT2D eigenvalue weighted by Crippen LogP contribution is -2.28. The van der Waals surface area contributed by atoms with Crippen molar-refractivity contribution >= 4 is 23.1 Å². The normalized spacial score (nSPS) is 14.3. The Hall–Kier alpha value is -2.50. The van der Waals surface area contributed by atoms with Gasteiger partial charge in [-0.05, 0) is 37.1 Å². The number of hydrogen-bond acceptors (Lipinski definition) is 3. The number of anilines is 3. The highest BCUT2D eigenvalue weighted by molar-refractivity contribution is 5.92. The molecule has 0 unspecified atom stereocenters. The predicted octanol–water partition coefficient (Wildman–Crippen LogP) is 3.84. The third-order valence-corrected chi connectivity index (χ3v) is 3.72. The van der Waals surface area contributed by atoms with Gasteiger partial charge in [0, 0.05) is 5.92 Å². The molecule has 2 aromatic rings. The van der Waals surface area contributed by atoms with Gasteiger partial charge in [0.1, 0.15) is 23.1 Å². The molecule has 2 N–H and O–H groups in total. The number of aromatic nitrogens is 1. The summed E-state index contributed by atoms with van der Waals surface area (Å²) in [5.41, 5.74) is 0.317. The molecule has 3 rings (SSSR count). The minimum Gasteiger partial charge on any atom is -0.335 e. The van der Waals surface area contributed by atoms with Gasteiger partial charge < -0.3 is 10.6 Å². The first kappa shape index (κ1) is 14.4. The summed E-state index contributed by atoms with van der Waals surface area (Å²) >= 11 is 0. The fourth-order valence-electron chi connectivity index (χ4n) is 2.20. The zero-order valence-electron chi connectivity index (χ0n) is 11.8. The summed E-state index contributed by atoms with van der Waals surface area (Å²) in [6, 6.07) is 6.83. The van der Waals surface area contributed by atoms with Gasteiger partial charge in [0.05, 0.1) is 11.9 Å². The van der Waals surface area contributed by atoms with E-state index in [-0.39, 0.29) is 17.5 Å². The molecule has 0 aliphatic heterocycles. The maximum atomic E-state index is 13.5. The Morgan fingerprint density at radius 1 is 1.14 bits per heavy atom. The summed E-state index contributed by atoms with van der Waals surface area (Å²) in [5.74, 6) is -1.00. The van der Waals surface area contributed by atoms with Gasteiger partial charge in [0.25, 0.3) is 0 Å². The van der Waals surface area contributed by atoms with Crippen LogP contribution >= 0.6 is 0 Å². The average molecular weight is 303 g/mol. The first-order valence-electron chi connectivity index (χ1n) is 7.11. The van der Waals surface area contributed by atoms with Crippen LogP contribution < -0.4 is 10.6 Å². The molecule has 0 bridgehead atoms. The number of carbonyl (C=O) groups excluding carboxylic acids is 1. The second-order valence-corrected chi connectivity index (χ2v) is 5.27. The van der Waals surface area contributed by atoms with Crippen molar-refractivity contribution in [2.24, 2.45) is 5.92 Å². The maximum absolute atomic E-state index is 13.5. The molecule has 1 saturated carbocycles. The summed E-state index contributed by atoms with van der Waals surface area (Å²) in [4.78, 5) is 15.9. The summed E-state index contributed by atoms with van der Waals surface area (Å²) < 4.78 is 27.1. The van der Waals surface area contributed by atoms with E-state index in [4.69, 9.17) is 0 Å². The lowest BCUT2D eigenvalue weighted by atomic mass is 9.85. The summed E-state index contributed by atoms with van der Waals surface area (Å²) in [7, 11) is 0. The van der Waals surface area contributed by atoms with Gasteiger partial charge in [0.2, 0.25) is 5.91 Å². The van der Waals surface area contributed by atoms with Gasteiger partial charge >= 0.3 is 0 Å². The molecule has 114 valence electrons. The first-order chi connectivity index (χ1) is 10.6. The van der Waals surface area contributed by atoms with E-state index in [0.29, 0.717) is 11.5 Å². The van der Waals surface area contributed by atoms with Crippen molar-refractivity contribution in [1.82, 2.24) is 4.98 Å². The number of hydrogen-bond donors (Lipinski definition) is 2. The van der Waals surface area contributed by atoms with Gasteiger partial charge in [-0.3, -0.25) is 4.79 Å². The number of nitrogens with zero attached hydrogens (tertiary/aromatic N) is 1. The molecule has 22 heavy (non-hydrogen) atoms. The highest BCUT2D eigenvalue weighted by Gasteiger charge is 2.25. The number of nitrogens with one attached hydrogen (secondary N) is 2. The monoisotopic (exact) mass is 303 g/mol. The molecule has 1 heterocycles. The van der Waals surface area contributed by atoms with Crippen LogP contribution in [0.5, 0.6) is 0 Å². The van der Waals surface area contributed by atoms with Gasteiger partial charge in [0.15, 0.2) is 0 Å². The first-order valence-corrected chi connectivity index (χ1v) is 7.11. The Bertz CT molecular complexity index is 664. The van der Waals surface area contributed by atoms with Gasteiger partial charge in [-0.1, -0.05) is 12.5 Å². The van der Waals surface area contributed by atoms with Crippen molar-refractivity contribution in [3.8, 4) is 0 Å². The molecule has 1 fully saturated rings. The van der Waals surface area contributed by atoms with E-state index in [1.807, 2.05) is 0 Å². The third kappa shape index (κ3) is 3.05. The molecule has 0 spiro atoms. The molecule has 4 nitrogen and oxygen atoms in total. The van der Waals surface area contributed by atoms with Crippen LogP contribution in [0.15, 0.2) is 36.5 Å². The number of pyridine rings is 1. The molecule has 1 aromatic heterocycles. The standard InChI is InChI=1S/C16H15F2N3O/c17-12-5-2-6-13(18)15(12)21-14-8-7-11(9-19-14)20-16(22)10-3-1-4-10/h2,5-10H,1,3-4H2,(H,19,21)(H,20,22). The number of rotatable bonds is 4. The van der Waals surface area contributed by atoms with E-state index in [9.17, 15) is 13.6 Å². The highest BCUT2D eigenvalue weighted by Crippen LogP contribution is 2.28. The van der Waals surface area contributed by atoms with Crippen LogP contribution in [0, 0.1) is 17.6 Å². The number of carbonyl (C=O) groups is 1. The van der Waals surface area contributed by atoms with Crippen LogP contribution in [0.1, 0.15) is 19.3 Å². The Balaban J connectivity index is 1.67. The number of benzene rings is 1. The van der Waals surface area contributed by atoms with E-state index in [0.717, 1.165) is 19.3 Å². The highest BCUT2D eigenvalue weighted by atomic mass is 19.1. The Labute approximate surface area is 126 Å². The lowest BCUT2D eigenvalue weighted by Gasteiger charge is -2.23. The van der Waals surface area contributed by atoms with E-state index >= 15 is 0 Å². The molecule has 0 atom stereocenters. The number of para-hydroxylation sites is 1. The van der Waals surface area contributed by atoms with Crippen LogP contribution in [0.4, 0.5) is 26.0 Å². The second kappa shape index (κ2) is 6.09. The second-order valence-electron chi connectivity index (χ2n) is 5.27. The van der Waals surface area contributed by atoms with Crippen molar-refractivity contribution in [3.05, 3.63) is 48.2 Å².